The molecule has 0 spiro atoms. The molecule has 0 saturated carbocycles. The second-order valence-corrected chi connectivity index (χ2v) is 7.36. The predicted molar refractivity (Wildman–Crippen MR) is 87.5 cm³/mol. The number of likely N-dealkylation sites (tertiary alicyclic amines) is 1. The molecule has 1 fully saturated rings. The van der Waals surface area contributed by atoms with Crippen molar-refractivity contribution in [2.24, 2.45) is 5.92 Å². The van der Waals surface area contributed by atoms with Crippen LogP contribution in [0.1, 0.15) is 66.7 Å². The summed E-state index contributed by atoms with van der Waals surface area (Å²) >= 11 is 0. The number of rotatable bonds is 6. The second kappa shape index (κ2) is 8.62. The summed E-state index contributed by atoms with van der Waals surface area (Å²) in [4.78, 5) is 13.8. The van der Waals surface area contributed by atoms with E-state index in [0.717, 1.165) is 32.5 Å². The topological polar surface area (TPSA) is 41.6 Å². The van der Waals surface area contributed by atoms with Gasteiger partial charge in [-0.05, 0) is 59.4 Å². The van der Waals surface area contributed by atoms with Crippen LogP contribution in [-0.4, -0.2) is 42.3 Å². The van der Waals surface area contributed by atoms with E-state index in [-0.39, 0.29) is 6.09 Å². The van der Waals surface area contributed by atoms with Crippen LogP contribution in [0, 0.1) is 5.92 Å². The Balaban J connectivity index is 2.21. The Labute approximate surface area is 130 Å². The van der Waals surface area contributed by atoms with E-state index in [2.05, 4.69) is 19.2 Å². The summed E-state index contributed by atoms with van der Waals surface area (Å²) in [5, 5.41) is 3.63. The summed E-state index contributed by atoms with van der Waals surface area (Å²) in [5.74, 6) is 0.688. The highest BCUT2D eigenvalue weighted by Crippen LogP contribution is 2.19. The Morgan fingerprint density at radius 2 is 1.95 bits per heavy atom. The summed E-state index contributed by atoms with van der Waals surface area (Å²) in [6, 6.07) is 0.605. The monoisotopic (exact) mass is 298 g/mol. The van der Waals surface area contributed by atoms with Gasteiger partial charge in [0.2, 0.25) is 0 Å². The second-order valence-electron chi connectivity index (χ2n) is 7.36. The zero-order valence-electron chi connectivity index (χ0n) is 14.6. The normalized spacial score (nSPS) is 18.6. The molecule has 0 aromatic heterocycles. The molecule has 0 aliphatic carbocycles. The summed E-state index contributed by atoms with van der Waals surface area (Å²) in [6.45, 7) is 13.0. The predicted octanol–water partition coefficient (Wildman–Crippen LogP) is 3.80. The quantitative estimate of drug-likeness (QED) is 0.811. The molecule has 1 heterocycles. The van der Waals surface area contributed by atoms with E-state index in [9.17, 15) is 4.79 Å². The molecule has 21 heavy (non-hydrogen) atoms. The molecule has 1 rings (SSSR count). The van der Waals surface area contributed by atoms with Crippen LogP contribution in [-0.2, 0) is 4.74 Å². The van der Waals surface area contributed by atoms with Crippen LogP contribution >= 0.6 is 0 Å². The van der Waals surface area contributed by atoms with Crippen LogP contribution in [0.15, 0.2) is 0 Å². The largest absolute Gasteiger partial charge is 0.444 e. The van der Waals surface area contributed by atoms with Gasteiger partial charge >= 0.3 is 6.09 Å². The van der Waals surface area contributed by atoms with E-state index in [1.165, 1.54) is 19.3 Å². The number of piperidine rings is 1. The van der Waals surface area contributed by atoms with Gasteiger partial charge in [0.05, 0.1) is 0 Å². The van der Waals surface area contributed by atoms with Crippen molar-refractivity contribution in [2.75, 3.05) is 19.6 Å². The molecular formula is C17H34N2O2. The Bertz CT molecular complexity index is 304. The molecule has 4 nitrogen and oxygen atoms in total. The fraction of sp³-hybridized carbons (Fsp3) is 0.941. The lowest BCUT2D eigenvalue weighted by Gasteiger charge is -2.34. The third kappa shape index (κ3) is 7.70. The molecule has 0 bridgehead atoms. The smallest absolute Gasteiger partial charge is 0.410 e. The van der Waals surface area contributed by atoms with Crippen molar-refractivity contribution < 1.29 is 9.53 Å². The number of hydrogen-bond acceptors (Lipinski definition) is 3. The zero-order valence-corrected chi connectivity index (χ0v) is 14.6. The highest BCUT2D eigenvalue weighted by atomic mass is 16.6. The number of carbonyl (C=O) groups excluding carboxylic acids is 1. The minimum atomic E-state index is -0.399. The van der Waals surface area contributed by atoms with Crippen LogP contribution in [0.4, 0.5) is 4.79 Å². The van der Waals surface area contributed by atoms with Gasteiger partial charge in [-0.1, -0.05) is 19.8 Å². The standard InChI is InChI=1S/C17H34N2O2/c1-6-7-8-14(2)18-13-15-9-11-19(12-10-15)16(20)21-17(3,4)5/h14-15,18H,6-13H2,1-5H3. The number of unbranched alkanes of at least 4 members (excludes halogenated alkanes) is 1. The zero-order chi connectivity index (χ0) is 15.9. The maximum absolute atomic E-state index is 12.0. The summed E-state index contributed by atoms with van der Waals surface area (Å²) in [6.07, 6.45) is 5.81. The first kappa shape index (κ1) is 18.3. The first-order valence-corrected chi connectivity index (χ1v) is 8.53. The van der Waals surface area contributed by atoms with E-state index < -0.39 is 5.60 Å². The van der Waals surface area contributed by atoms with Gasteiger partial charge in [0.1, 0.15) is 5.60 Å². The Kier molecular flexibility index (Phi) is 7.50. The van der Waals surface area contributed by atoms with Crippen molar-refractivity contribution >= 4 is 6.09 Å². The molecule has 1 saturated heterocycles. The third-order valence-corrected chi connectivity index (χ3v) is 4.01. The van der Waals surface area contributed by atoms with Gasteiger partial charge < -0.3 is 15.0 Å². The van der Waals surface area contributed by atoms with Gasteiger partial charge in [0, 0.05) is 19.1 Å². The number of amides is 1. The van der Waals surface area contributed by atoms with Gasteiger partial charge in [-0.2, -0.15) is 0 Å². The number of ether oxygens (including phenoxy) is 1. The van der Waals surface area contributed by atoms with Gasteiger partial charge in [-0.3, -0.25) is 0 Å². The maximum Gasteiger partial charge on any atom is 0.410 e. The van der Waals surface area contributed by atoms with Gasteiger partial charge in [-0.15, -0.1) is 0 Å². The number of nitrogens with zero attached hydrogens (tertiary/aromatic N) is 1. The number of nitrogens with one attached hydrogen (secondary N) is 1. The summed E-state index contributed by atoms with van der Waals surface area (Å²) in [5.41, 5.74) is -0.399. The van der Waals surface area contributed by atoms with Gasteiger partial charge in [-0.25, -0.2) is 4.79 Å². The van der Waals surface area contributed by atoms with Crippen molar-refractivity contribution in [2.45, 2.75) is 78.4 Å². The maximum atomic E-state index is 12.0. The molecule has 1 N–H and O–H groups in total. The van der Waals surface area contributed by atoms with Crippen LogP contribution in [0.2, 0.25) is 0 Å². The lowest BCUT2D eigenvalue weighted by Crippen LogP contribution is -2.44. The first-order chi connectivity index (χ1) is 9.81. The van der Waals surface area contributed by atoms with E-state index in [1.807, 2.05) is 25.7 Å². The molecule has 0 aromatic carbocycles. The average molecular weight is 298 g/mol. The van der Waals surface area contributed by atoms with Crippen molar-refractivity contribution in [3.05, 3.63) is 0 Å². The molecular weight excluding hydrogens is 264 g/mol. The molecule has 1 atom stereocenters. The van der Waals surface area contributed by atoms with Crippen molar-refractivity contribution in [1.82, 2.24) is 10.2 Å². The molecule has 1 unspecified atom stereocenters. The molecule has 1 aliphatic heterocycles. The molecule has 4 heteroatoms. The molecule has 1 amide bonds. The minimum absolute atomic E-state index is 0.162. The summed E-state index contributed by atoms with van der Waals surface area (Å²) in [7, 11) is 0. The molecule has 0 aromatic rings. The fourth-order valence-electron chi connectivity index (χ4n) is 2.63. The van der Waals surface area contributed by atoms with E-state index in [4.69, 9.17) is 4.74 Å². The average Bonchev–Trinajstić information content (AvgIpc) is 2.41. The molecule has 124 valence electrons. The lowest BCUT2D eigenvalue weighted by atomic mass is 9.96. The van der Waals surface area contributed by atoms with Crippen molar-refractivity contribution in [3.63, 3.8) is 0 Å². The third-order valence-electron chi connectivity index (χ3n) is 4.01. The summed E-state index contributed by atoms with van der Waals surface area (Å²) < 4.78 is 5.43. The van der Waals surface area contributed by atoms with Crippen molar-refractivity contribution in [3.8, 4) is 0 Å². The molecule has 1 aliphatic rings. The fourth-order valence-corrected chi connectivity index (χ4v) is 2.63. The highest BCUT2D eigenvalue weighted by Gasteiger charge is 2.26. The van der Waals surface area contributed by atoms with Crippen LogP contribution in [0.5, 0.6) is 0 Å². The van der Waals surface area contributed by atoms with Gasteiger partial charge in [0.25, 0.3) is 0 Å². The van der Waals surface area contributed by atoms with Crippen LogP contribution < -0.4 is 5.32 Å². The van der Waals surface area contributed by atoms with E-state index in [0.29, 0.717) is 12.0 Å². The van der Waals surface area contributed by atoms with E-state index in [1.54, 1.807) is 0 Å². The SMILES string of the molecule is CCCCC(C)NCC1CCN(C(=O)OC(C)(C)C)CC1. The first-order valence-electron chi connectivity index (χ1n) is 8.53. The van der Waals surface area contributed by atoms with E-state index >= 15 is 0 Å². The minimum Gasteiger partial charge on any atom is -0.444 e. The highest BCUT2D eigenvalue weighted by molar-refractivity contribution is 5.68. The van der Waals surface area contributed by atoms with Crippen LogP contribution in [0.25, 0.3) is 0 Å². The Hall–Kier alpha value is -0.770. The lowest BCUT2D eigenvalue weighted by molar-refractivity contribution is 0.0183. The van der Waals surface area contributed by atoms with Crippen molar-refractivity contribution in [1.29, 1.82) is 0 Å². The van der Waals surface area contributed by atoms with Gasteiger partial charge in [0.15, 0.2) is 0 Å². The Morgan fingerprint density at radius 3 is 2.48 bits per heavy atom. The Morgan fingerprint density at radius 1 is 1.33 bits per heavy atom. The number of carbonyl (C=O) groups is 1. The van der Waals surface area contributed by atoms with Crippen LogP contribution in [0.3, 0.4) is 0 Å². The number of hydrogen-bond donors (Lipinski definition) is 1. The molecule has 0 radical (unpaired) electrons.